The third-order valence-corrected chi connectivity index (χ3v) is 4.81. The van der Waals surface area contributed by atoms with Crippen LogP contribution in [0.2, 0.25) is 0 Å². The lowest BCUT2D eigenvalue weighted by Crippen LogP contribution is -2.37. The molecule has 7 nitrogen and oxygen atoms in total. The molecule has 120 valence electrons. The molecule has 0 saturated carbocycles. The molecule has 0 aromatic carbocycles. The van der Waals surface area contributed by atoms with E-state index in [-0.39, 0.29) is 6.61 Å². The third-order valence-electron chi connectivity index (χ3n) is 4.26. The summed E-state index contributed by atoms with van der Waals surface area (Å²) in [6, 6.07) is 0. The van der Waals surface area contributed by atoms with Gasteiger partial charge in [-0.1, -0.05) is 0 Å². The van der Waals surface area contributed by atoms with Gasteiger partial charge in [0.1, 0.15) is 16.7 Å². The number of halogens is 1. The lowest BCUT2D eigenvalue weighted by atomic mass is 9.97. The molecule has 0 amide bonds. The Morgan fingerprint density at radius 2 is 2.14 bits per heavy atom. The van der Waals surface area contributed by atoms with E-state index in [1.54, 1.807) is 11.0 Å². The SMILES string of the molecule is Cn1nc(Br)c2c(NCC3CCN(CCO)CC3)ncnc21. The Kier molecular flexibility index (Phi) is 4.90. The number of hydrogen-bond donors (Lipinski definition) is 2. The van der Waals surface area contributed by atoms with E-state index in [9.17, 15) is 0 Å². The first-order valence-electron chi connectivity index (χ1n) is 7.59. The molecule has 3 heterocycles. The first kappa shape index (κ1) is 15.6. The lowest BCUT2D eigenvalue weighted by Gasteiger charge is -2.31. The predicted octanol–water partition coefficient (Wildman–Crippen LogP) is 1.24. The van der Waals surface area contributed by atoms with Gasteiger partial charge in [-0.15, -0.1) is 0 Å². The van der Waals surface area contributed by atoms with Crippen molar-refractivity contribution < 1.29 is 5.11 Å². The number of aliphatic hydroxyl groups is 1. The van der Waals surface area contributed by atoms with Gasteiger partial charge in [0.15, 0.2) is 5.65 Å². The summed E-state index contributed by atoms with van der Waals surface area (Å²) in [6.07, 6.45) is 3.87. The van der Waals surface area contributed by atoms with Crippen LogP contribution in [0.25, 0.3) is 11.0 Å². The number of aliphatic hydroxyl groups excluding tert-OH is 1. The maximum atomic E-state index is 8.98. The molecule has 2 N–H and O–H groups in total. The molecule has 2 aromatic heterocycles. The molecule has 0 atom stereocenters. The normalized spacial score (nSPS) is 17.2. The van der Waals surface area contributed by atoms with E-state index in [4.69, 9.17) is 5.11 Å². The molecular formula is C14H21BrN6O. The fourth-order valence-corrected chi connectivity index (χ4v) is 3.57. The maximum absolute atomic E-state index is 8.98. The summed E-state index contributed by atoms with van der Waals surface area (Å²) >= 11 is 3.48. The first-order chi connectivity index (χ1) is 10.7. The van der Waals surface area contributed by atoms with E-state index >= 15 is 0 Å². The maximum Gasteiger partial charge on any atom is 0.164 e. The number of fused-ring (bicyclic) bond motifs is 1. The second-order valence-electron chi connectivity index (χ2n) is 5.72. The van der Waals surface area contributed by atoms with E-state index in [1.807, 2.05) is 7.05 Å². The van der Waals surface area contributed by atoms with E-state index in [0.29, 0.717) is 5.92 Å². The van der Waals surface area contributed by atoms with Crippen molar-refractivity contribution in [3.63, 3.8) is 0 Å². The molecule has 1 fully saturated rings. The smallest absolute Gasteiger partial charge is 0.164 e. The Labute approximate surface area is 137 Å². The molecule has 2 aromatic rings. The number of aryl methyl sites for hydroxylation is 1. The molecule has 1 aliphatic heterocycles. The van der Waals surface area contributed by atoms with Gasteiger partial charge in [0.2, 0.25) is 0 Å². The minimum Gasteiger partial charge on any atom is -0.395 e. The number of rotatable bonds is 5. The summed E-state index contributed by atoms with van der Waals surface area (Å²) in [5.74, 6) is 1.47. The van der Waals surface area contributed by atoms with Crippen LogP contribution in [-0.2, 0) is 7.05 Å². The number of nitrogens with zero attached hydrogens (tertiary/aromatic N) is 5. The van der Waals surface area contributed by atoms with Crippen molar-refractivity contribution in [1.29, 1.82) is 0 Å². The number of hydrogen-bond acceptors (Lipinski definition) is 6. The summed E-state index contributed by atoms with van der Waals surface area (Å²) in [5.41, 5.74) is 0.821. The molecule has 0 unspecified atom stereocenters. The first-order valence-corrected chi connectivity index (χ1v) is 8.38. The van der Waals surface area contributed by atoms with E-state index < -0.39 is 0 Å². The zero-order valence-corrected chi connectivity index (χ0v) is 14.3. The average Bonchev–Trinajstić information content (AvgIpc) is 2.82. The highest BCUT2D eigenvalue weighted by atomic mass is 79.9. The van der Waals surface area contributed by atoms with Gasteiger partial charge in [-0.25, -0.2) is 14.6 Å². The highest BCUT2D eigenvalue weighted by molar-refractivity contribution is 9.10. The van der Waals surface area contributed by atoms with Crippen LogP contribution in [0.1, 0.15) is 12.8 Å². The van der Waals surface area contributed by atoms with Crippen molar-refractivity contribution in [3.05, 3.63) is 10.9 Å². The molecule has 1 saturated heterocycles. The van der Waals surface area contributed by atoms with Gasteiger partial charge in [-0.3, -0.25) is 0 Å². The Morgan fingerprint density at radius 3 is 2.86 bits per heavy atom. The van der Waals surface area contributed by atoms with Crippen molar-refractivity contribution in [3.8, 4) is 0 Å². The average molecular weight is 369 g/mol. The molecule has 0 bridgehead atoms. The molecule has 0 radical (unpaired) electrons. The number of aromatic nitrogens is 4. The molecule has 0 aliphatic carbocycles. The van der Waals surface area contributed by atoms with Gasteiger partial charge >= 0.3 is 0 Å². The molecule has 22 heavy (non-hydrogen) atoms. The highest BCUT2D eigenvalue weighted by Crippen LogP contribution is 2.27. The van der Waals surface area contributed by atoms with E-state index in [1.165, 1.54) is 0 Å². The number of piperidine rings is 1. The summed E-state index contributed by atoms with van der Waals surface area (Å²) in [5, 5.41) is 17.7. The van der Waals surface area contributed by atoms with Crippen LogP contribution >= 0.6 is 15.9 Å². The van der Waals surface area contributed by atoms with E-state index in [0.717, 1.165) is 60.5 Å². The van der Waals surface area contributed by atoms with Crippen molar-refractivity contribution in [1.82, 2.24) is 24.6 Å². The summed E-state index contributed by atoms with van der Waals surface area (Å²) in [4.78, 5) is 11.0. The molecular weight excluding hydrogens is 348 g/mol. The van der Waals surface area contributed by atoms with Crippen molar-refractivity contribution in [2.45, 2.75) is 12.8 Å². The number of nitrogens with one attached hydrogen (secondary N) is 1. The Morgan fingerprint density at radius 1 is 1.36 bits per heavy atom. The zero-order chi connectivity index (χ0) is 15.5. The van der Waals surface area contributed by atoms with Crippen molar-refractivity contribution >= 4 is 32.8 Å². The third kappa shape index (κ3) is 3.23. The van der Waals surface area contributed by atoms with Crippen LogP contribution < -0.4 is 5.32 Å². The number of likely N-dealkylation sites (tertiary alicyclic amines) is 1. The van der Waals surface area contributed by atoms with Gasteiger partial charge in [0, 0.05) is 20.1 Å². The van der Waals surface area contributed by atoms with Gasteiger partial charge < -0.3 is 15.3 Å². The lowest BCUT2D eigenvalue weighted by molar-refractivity contribution is 0.151. The van der Waals surface area contributed by atoms with Crippen LogP contribution in [0.4, 0.5) is 5.82 Å². The monoisotopic (exact) mass is 368 g/mol. The predicted molar refractivity (Wildman–Crippen MR) is 88.7 cm³/mol. The molecule has 3 rings (SSSR count). The quantitative estimate of drug-likeness (QED) is 0.826. The number of β-amino-alcohol motifs (C(OH)–C–C–N with tert-alkyl or cyclic N) is 1. The zero-order valence-electron chi connectivity index (χ0n) is 12.7. The summed E-state index contributed by atoms with van der Waals surface area (Å²) in [6.45, 7) is 4.05. The minimum absolute atomic E-state index is 0.247. The van der Waals surface area contributed by atoms with Crippen LogP contribution in [0.5, 0.6) is 0 Å². The molecule has 0 spiro atoms. The minimum atomic E-state index is 0.247. The van der Waals surface area contributed by atoms with Crippen molar-refractivity contribution in [2.24, 2.45) is 13.0 Å². The molecule has 1 aliphatic rings. The Bertz CT molecular complexity index is 638. The van der Waals surface area contributed by atoms with Crippen molar-refractivity contribution in [2.75, 3.05) is 38.1 Å². The highest BCUT2D eigenvalue weighted by Gasteiger charge is 2.20. The van der Waals surface area contributed by atoms with Gasteiger partial charge in [-0.2, -0.15) is 5.10 Å². The van der Waals surface area contributed by atoms with Crippen LogP contribution in [0.15, 0.2) is 10.9 Å². The summed E-state index contributed by atoms with van der Waals surface area (Å²) < 4.78 is 2.52. The topological polar surface area (TPSA) is 79.1 Å². The van der Waals surface area contributed by atoms with Crippen LogP contribution in [0.3, 0.4) is 0 Å². The van der Waals surface area contributed by atoms with Crippen LogP contribution in [-0.4, -0.2) is 62.5 Å². The number of anilines is 1. The summed E-state index contributed by atoms with van der Waals surface area (Å²) in [7, 11) is 1.88. The second kappa shape index (κ2) is 6.89. The molecule has 8 heteroatoms. The van der Waals surface area contributed by atoms with Gasteiger partial charge in [0.25, 0.3) is 0 Å². The Hall–Kier alpha value is -1.25. The Balaban J connectivity index is 1.63. The standard InChI is InChI=1S/C14H21BrN6O/c1-20-14-11(12(15)19-20)13(17-9-18-14)16-8-10-2-4-21(5-3-10)6-7-22/h9-10,22H,2-8H2,1H3,(H,16,17,18). The van der Waals surface area contributed by atoms with Gasteiger partial charge in [-0.05, 0) is 47.8 Å². The van der Waals surface area contributed by atoms with Gasteiger partial charge in [0.05, 0.1) is 12.0 Å². The fraction of sp³-hybridized carbons (Fsp3) is 0.643. The largest absolute Gasteiger partial charge is 0.395 e. The second-order valence-corrected chi connectivity index (χ2v) is 6.48. The van der Waals surface area contributed by atoms with E-state index in [2.05, 4.69) is 41.2 Å². The fourth-order valence-electron chi connectivity index (χ4n) is 2.97. The van der Waals surface area contributed by atoms with Crippen LogP contribution in [0, 0.1) is 5.92 Å².